The minimum Gasteiger partial charge on any atom is -0.397 e. The van der Waals surface area contributed by atoms with Crippen molar-refractivity contribution in [3.05, 3.63) is 12.1 Å². The molecule has 1 heterocycles. The van der Waals surface area contributed by atoms with Crippen molar-refractivity contribution >= 4 is 45.6 Å². The van der Waals surface area contributed by atoms with Crippen LogP contribution in [0.1, 0.15) is 0 Å². The molecule has 2 aromatic rings. The van der Waals surface area contributed by atoms with Gasteiger partial charge in [-0.3, -0.25) is 0 Å². The van der Waals surface area contributed by atoms with Crippen molar-refractivity contribution in [2.45, 2.75) is 0 Å². The summed E-state index contributed by atoms with van der Waals surface area (Å²) < 4.78 is 4.72. The van der Waals surface area contributed by atoms with Crippen LogP contribution in [0.4, 0.5) is 11.4 Å². The fraction of sp³-hybridized carbons (Fsp3) is 0.400. The summed E-state index contributed by atoms with van der Waals surface area (Å²) in [5.74, 6) is 1.02. The van der Waals surface area contributed by atoms with Gasteiger partial charge in [-0.25, -0.2) is 4.63 Å². The highest BCUT2D eigenvalue weighted by atomic mass is 35.5. The van der Waals surface area contributed by atoms with Gasteiger partial charge < -0.3 is 10.6 Å². The molecular formula is C10H12Cl2N4O. The molecule has 92 valence electrons. The van der Waals surface area contributed by atoms with E-state index < -0.39 is 0 Å². The molecule has 0 unspecified atom stereocenters. The fourth-order valence-electron chi connectivity index (χ4n) is 1.68. The number of nitrogen functional groups attached to an aromatic ring is 1. The molecule has 0 aliphatic carbocycles. The van der Waals surface area contributed by atoms with Crippen LogP contribution in [0, 0.1) is 0 Å². The van der Waals surface area contributed by atoms with Gasteiger partial charge in [0.25, 0.3) is 0 Å². The minimum absolute atomic E-state index is 0.508. The molecule has 1 aromatic carbocycles. The fourth-order valence-corrected chi connectivity index (χ4v) is 2.09. The Labute approximate surface area is 108 Å². The lowest BCUT2D eigenvalue weighted by Gasteiger charge is -2.22. The zero-order chi connectivity index (χ0) is 12.3. The van der Waals surface area contributed by atoms with E-state index >= 15 is 0 Å². The second kappa shape index (κ2) is 5.42. The lowest BCUT2D eigenvalue weighted by atomic mass is 10.2. The topological polar surface area (TPSA) is 68.2 Å². The predicted octanol–water partition coefficient (Wildman–Crippen LogP) is 2.09. The molecule has 0 saturated heterocycles. The minimum atomic E-state index is 0.508. The Morgan fingerprint density at radius 3 is 2.41 bits per heavy atom. The van der Waals surface area contributed by atoms with Crippen LogP contribution in [0.2, 0.25) is 0 Å². The van der Waals surface area contributed by atoms with Gasteiger partial charge in [-0.2, -0.15) is 0 Å². The summed E-state index contributed by atoms with van der Waals surface area (Å²) >= 11 is 11.5. The van der Waals surface area contributed by atoms with E-state index in [9.17, 15) is 0 Å². The van der Waals surface area contributed by atoms with Crippen molar-refractivity contribution in [1.29, 1.82) is 0 Å². The molecule has 0 amide bonds. The van der Waals surface area contributed by atoms with E-state index in [2.05, 4.69) is 10.3 Å². The molecule has 0 bridgehead atoms. The highest BCUT2D eigenvalue weighted by molar-refractivity contribution is 6.18. The maximum atomic E-state index is 5.78. The molecule has 1 aromatic heterocycles. The van der Waals surface area contributed by atoms with Crippen molar-refractivity contribution in [3.63, 3.8) is 0 Å². The van der Waals surface area contributed by atoms with E-state index in [0.717, 1.165) is 5.69 Å². The van der Waals surface area contributed by atoms with Gasteiger partial charge in [0.05, 0.1) is 11.4 Å². The third-order valence-corrected chi connectivity index (χ3v) is 2.81. The van der Waals surface area contributed by atoms with E-state index in [1.807, 2.05) is 11.0 Å². The average Bonchev–Trinajstić information content (AvgIpc) is 2.79. The molecule has 0 saturated carbocycles. The van der Waals surface area contributed by atoms with Crippen LogP contribution < -0.4 is 10.6 Å². The second-order valence-electron chi connectivity index (χ2n) is 3.50. The van der Waals surface area contributed by atoms with Gasteiger partial charge in [0.15, 0.2) is 11.0 Å². The van der Waals surface area contributed by atoms with Gasteiger partial charge >= 0.3 is 0 Å². The molecule has 2 N–H and O–H groups in total. The van der Waals surface area contributed by atoms with Crippen molar-refractivity contribution < 1.29 is 4.63 Å². The maximum absolute atomic E-state index is 5.78. The van der Waals surface area contributed by atoms with E-state index in [1.165, 1.54) is 0 Å². The third-order valence-electron chi connectivity index (χ3n) is 2.47. The quantitative estimate of drug-likeness (QED) is 0.668. The first-order chi connectivity index (χ1) is 8.27. The van der Waals surface area contributed by atoms with Gasteiger partial charge in [-0.15, -0.1) is 23.2 Å². The van der Waals surface area contributed by atoms with Gasteiger partial charge in [0.1, 0.15) is 0 Å². The number of anilines is 2. The van der Waals surface area contributed by atoms with Crippen LogP contribution in [-0.2, 0) is 0 Å². The molecule has 0 atom stereocenters. The summed E-state index contributed by atoms with van der Waals surface area (Å²) in [6, 6.07) is 3.65. The Bertz CT molecular complexity index is 496. The van der Waals surface area contributed by atoms with Gasteiger partial charge in [0, 0.05) is 24.8 Å². The Balaban J connectivity index is 2.45. The van der Waals surface area contributed by atoms with Crippen LogP contribution in [0.25, 0.3) is 11.0 Å². The molecular weight excluding hydrogens is 263 g/mol. The number of rotatable bonds is 5. The molecule has 0 aliphatic heterocycles. The van der Waals surface area contributed by atoms with Gasteiger partial charge in [0.2, 0.25) is 0 Å². The summed E-state index contributed by atoms with van der Waals surface area (Å²) in [7, 11) is 0. The van der Waals surface area contributed by atoms with Crippen LogP contribution in [0.15, 0.2) is 16.8 Å². The SMILES string of the molecule is Nc1ccc(N(CCCl)CCCl)c2nonc12. The van der Waals surface area contributed by atoms with E-state index in [1.54, 1.807) is 6.07 Å². The normalized spacial score (nSPS) is 10.9. The van der Waals surface area contributed by atoms with Gasteiger partial charge in [-0.1, -0.05) is 0 Å². The predicted molar refractivity (Wildman–Crippen MR) is 69.9 cm³/mol. The van der Waals surface area contributed by atoms with Crippen molar-refractivity contribution in [2.75, 3.05) is 35.5 Å². The number of aromatic nitrogens is 2. The van der Waals surface area contributed by atoms with Crippen LogP contribution in [0.3, 0.4) is 0 Å². The summed E-state index contributed by atoms with van der Waals surface area (Å²) in [5, 5.41) is 7.65. The highest BCUT2D eigenvalue weighted by Crippen LogP contribution is 2.28. The largest absolute Gasteiger partial charge is 0.397 e. The Hall–Kier alpha value is -1.20. The maximum Gasteiger partial charge on any atom is 0.160 e. The third kappa shape index (κ3) is 2.40. The number of nitrogens with two attached hydrogens (primary N) is 1. The number of halogens is 2. The molecule has 2 rings (SSSR count). The number of hydrogen-bond donors (Lipinski definition) is 1. The lowest BCUT2D eigenvalue weighted by Crippen LogP contribution is -2.27. The van der Waals surface area contributed by atoms with E-state index in [4.69, 9.17) is 33.6 Å². The molecule has 0 aliphatic rings. The lowest BCUT2D eigenvalue weighted by molar-refractivity contribution is 0.315. The van der Waals surface area contributed by atoms with Gasteiger partial charge in [-0.05, 0) is 22.4 Å². The molecule has 5 nitrogen and oxygen atoms in total. The summed E-state index contributed by atoms with van der Waals surface area (Å²) in [5.41, 5.74) is 8.42. The van der Waals surface area contributed by atoms with E-state index in [0.29, 0.717) is 41.6 Å². The second-order valence-corrected chi connectivity index (χ2v) is 4.26. The zero-order valence-corrected chi connectivity index (χ0v) is 10.6. The summed E-state index contributed by atoms with van der Waals surface area (Å²) in [6.45, 7) is 1.36. The number of nitrogens with zero attached hydrogens (tertiary/aromatic N) is 3. The first kappa shape index (κ1) is 12.3. The Morgan fingerprint density at radius 2 is 1.76 bits per heavy atom. The first-order valence-electron chi connectivity index (χ1n) is 5.15. The number of hydrogen-bond acceptors (Lipinski definition) is 5. The van der Waals surface area contributed by atoms with Crippen molar-refractivity contribution in [1.82, 2.24) is 10.3 Å². The summed E-state index contributed by atoms with van der Waals surface area (Å²) in [6.07, 6.45) is 0. The number of alkyl halides is 2. The first-order valence-corrected chi connectivity index (χ1v) is 6.22. The van der Waals surface area contributed by atoms with Crippen molar-refractivity contribution in [2.24, 2.45) is 0 Å². The zero-order valence-electron chi connectivity index (χ0n) is 9.07. The summed E-state index contributed by atoms with van der Waals surface area (Å²) in [4.78, 5) is 2.03. The van der Waals surface area contributed by atoms with Crippen LogP contribution in [0.5, 0.6) is 0 Å². The monoisotopic (exact) mass is 274 g/mol. The standard InChI is InChI=1S/C10H12Cl2N4O/c11-3-5-16(6-4-12)8-2-1-7(13)9-10(8)15-17-14-9/h1-2H,3-6,13H2. The number of fused-ring (bicyclic) bond motifs is 1. The average molecular weight is 275 g/mol. The molecule has 0 fully saturated rings. The van der Waals surface area contributed by atoms with Crippen LogP contribution >= 0.6 is 23.2 Å². The molecule has 0 radical (unpaired) electrons. The Morgan fingerprint density at radius 1 is 1.12 bits per heavy atom. The smallest absolute Gasteiger partial charge is 0.160 e. The molecule has 7 heteroatoms. The van der Waals surface area contributed by atoms with Crippen molar-refractivity contribution in [3.8, 4) is 0 Å². The van der Waals surface area contributed by atoms with E-state index in [-0.39, 0.29) is 0 Å². The number of benzene rings is 1. The molecule has 0 spiro atoms. The highest BCUT2D eigenvalue weighted by Gasteiger charge is 2.15. The molecule has 17 heavy (non-hydrogen) atoms. The van der Waals surface area contributed by atoms with Crippen LogP contribution in [-0.4, -0.2) is 35.2 Å². The Kier molecular flexibility index (Phi) is 3.91.